The van der Waals surface area contributed by atoms with Crippen molar-refractivity contribution in [1.29, 1.82) is 0 Å². The predicted octanol–water partition coefficient (Wildman–Crippen LogP) is 1.95. The van der Waals surface area contributed by atoms with Gasteiger partial charge in [0.1, 0.15) is 21.3 Å². The van der Waals surface area contributed by atoms with Gasteiger partial charge in [-0.3, -0.25) is 0 Å². The fourth-order valence-electron chi connectivity index (χ4n) is 1.42. The van der Waals surface area contributed by atoms with Crippen molar-refractivity contribution in [2.45, 2.75) is 19.1 Å². The van der Waals surface area contributed by atoms with E-state index in [1.807, 2.05) is 0 Å². The summed E-state index contributed by atoms with van der Waals surface area (Å²) in [4.78, 5) is 3.38. The molecule has 0 radical (unpaired) electrons. The quantitative estimate of drug-likeness (QED) is 0.917. The van der Waals surface area contributed by atoms with Crippen molar-refractivity contribution < 1.29 is 21.6 Å². The minimum absolute atomic E-state index is 0.000903. The summed E-state index contributed by atoms with van der Waals surface area (Å²) < 4.78 is 59.2. The number of sulfone groups is 1. The van der Waals surface area contributed by atoms with Gasteiger partial charge in [-0.15, -0.1) is 0 Å². The Kier molecular flexibility index (Phi) is 4.20. The molecule has 4 nitrogen and oxygen atoms in total. The number of pyridine rings is 1. The lowest BCUT2D eigenvalue weighted by molar-refractivity contribution is -0.141. The van der Waals surface area contributed by atoms with E-state index < -0.39 is 27.7 Å². The summed E-state index contributed by atoms with van der Waals surface area (Å²) in [6.07, 6.45) is -3.46. The number of aromatic nitrogens is 1. The van der Waals surface area contributed by atoms with Crippen molar-refractivity contribution in [3.8, 4) is 0 Å². The molecular weight excluding hydrogens is 269 g/mol. The molecule has 8 heteroatoms. The van der Waals surface area contributed by atoms with E-state index in [1.165, 1.54) is 12.1 Å². The highest BCUT2D eigenvalue weighted by Crippen LogP contribution is 2.28. The first kappa shape index (κ1) is 14.7. The van der Waals surface area contributed by atoms with E-state index >= 15 is 0 Å². The highest BCUT2D eigenvalue weighted by Gasteiger charge is 2.32. The average Bonchev–Trinajstić information content (AvgIpc) is 2.13. The van der Waals surface area contributed by atoms with Gasteiger partial charge in [0, 0.05) is 12.3 Å². The lowest BCUT2D eigenvalue weighted by Gasteiger charge is -2.14. The number of rotatable bonds is 4. The van der Waals surface area contributed by atoms with E-state index in [-0.39, 0.29) is 11.6 Å². The molecule has 1 unspecified atom stereocenters. The van der Waals surface area contributed by atoms with Gasteiger partial charge >= 0.3 is 6.18 Å². The van der Waals surface area contributed by atoms with E-state index in [9.17, 15) is 21.6 Å². The van der Waals surface area contributed by atoms with Crippen LogP contribution in [0.15, 0.2) is 18.2 Å². The van der Waals surface area contributed by atoms with Gasteiger partial charge in [-0.1, -0.05) is 6.07 Å². The molecule has 0 aromatic carbocycles. The maximum Gasteiger partial charge on any atom is 0.433 e. The Morgan fingerprint density at radius 3 is 2.50 bits per heavy atom. The Morgan fingerprint density at radius 1 is 1.39 bits per heavy atom. The molecule has 1 atom stereocenters. The van der Waals surface area contributed by atoms with Gasteiger partial charge in [0.2, 0.25) is 0 Å². The molecule has 0 fully saturated rings. The molecule has 0 saturated heterocycles. The molecule has 0 aliphatic heterocycles. The minimum atomic E-state index is -4.52. The molecule has 0 saturated carbocycles. The molecule has 0 aliphatic carbocycles. The van der Waals surface area contributed by atoms with E-state index in [1.54, 1.807) is 6.92 Å². The van der Waals surface area contributed by atoms with Crippen molar-refractivity contribution in [3.05, 3.63) is 23.9 Å². The molecule has 102 valence electrons. The molecule has 0 bridgehead atoms. The standard InChI is InChI=1S/C10H13F3N2O2S/c1-7(6-18(2,16)17)14-9-5-3-4-8(15-9)10(11,12)13/h3-5,7H,6H2,1-2H3,(H,14,15). The predicted molar refractivity (Wildman–Crippen MR) is 62.0 cm³/mol. The van der Waals surface area contributed by atoms with Crippen molar-refractivity contribution in [2.75, 3.05) is 17.3 Å². The van der Waals surface area contributed by atoms with Crippen molar-refractivity contribution >= 4 is 15.7 Å². The van der Waals surface area contributed by atoms with Gasteiger partial charge < -0.3 is 5.32 Å². The average molecular weight is 282 g/mol. The fraction of sp³-hybridized carbons (Fsp3) is 0.500. The van der Waals surface area contributed by atoms with Gasteiger partial charge in [-0.2, -0.15) is 13.2 Å². The first-order chi connectivity index (χ1) is 8.08. The fourth-order valence-corrected chi connectivity index (χ4v) is 2.41. The molecule has 1 heterocycles. The summed E-state index contributed by atoms with van der Waals surface area (Å²) in [5.74, 6) is -0.175. The van der Waals surface area contributed by atoms with Crippen molar-refractivity contribution in [1.82, 2.24) is 4.98 Å². The number of hydrogen-bond acceptors (Lipinski definition) is 4. The molecule has 0 aliphatic rings. The zero-order valence-electron chi connectivity index (χ0n) is 9.82. The number of halogens is 3. The maximum atomic E-state index is 12.4. The molecule has 0 spiro atoms. The Balaban J connectivity index is 2.80. The molecule has 1 aromatic rings. The van der Waals surface area contributed by atoms with Crippen molar-refractivity contribution in [2.24, 2.45) is 0 Å². The zero-order chi connectivity index (χ0) is 14.0. The Labute approximate surface area is 103 Å². The van der Waals surface area contributed by atoms with Crippen LogP contribution in [0.5, 0.6) is 0 Å². The number of nitrogens with one attached hydrogen (secondary N) is 1. The highest BCUT2D eigenvalue weighted by atomic mass is 32.2. The van der Waals surface area contributed by atoms with E-state index in [4.69, 9.17) is 0 Å². The number of hydrogen-bond donors (Lipinski definition) is 1. The lowest BCUT2D eigenvalue weighted by atomic mass is 10.3. The van der Waals surface area contributed by atoms with E-state index in [0.717, 1.165) is 12.3 Å². The van der Waals surface area contributed by atoms with Crippen LogP contribution in [0.2, 0.25) is 0 Å². The Morgan fingerprint density at radius 2 is 2.00 bits per heavy atom. The summed E-state index contributed by atoms with van der Waals surface area (Å²) >= 11 is 0. The van der Waals surface area contributed by atoms with Gasteiger partial charge in [0.15, 0.2) is 0 Å². The SMILES string of the molecule is CC(CS(C)(=O)=O)Nc1cccc(C(F)(F)F)n1. The second-order valence-electron chi connectivity index (χ2n) is 4.04. The van der Waals surface area contributed by atoms with Crippen LogP contribution in [-0.2, 0) is 16.0 Å². The second-order valence-corrected chi connectivity index (χ2v) is 6.23. The third-order valence-electron chi connectivity index (χ3n) is 1.99. The van der Waals surface area contributed by atoms with Crippen LogP contribution in [0.1, 0.15) is 12.6 Å². The van der Waals surface area contributed by atoms with Crippen molar-refractivity contribution in [3.63, 3.8) is 0 Å². The van der Waals surface area contributed by atoms with Crippen LogP contribution in [0.4, 0.5) is 19.0 Å². The Bertz CT molecular complexity index is 514. The molecule has 18 heavy (non-hydrogen) atoms. The van der Waals surface area contributed by atoms with Crippen LogP contribution in [0, 0.1) is 0 Å². The highest BCUT2D eigenvalue weighted by molar-refractivity contribution is 7.90. The summed E-state index contributed by atoms with van der Waals surface area (Å²) in [5, 5.41) is 2.62. The van der Waals surface area contributed by atoms with Gasteiger partial charge in [0.25, 0.3) is 0 Å². The van der Waals surface area contributed by atoms with Crippen LogP contribution in [-0.4, -0.2) is 31.5 Å². The lowest BCUT2D eigenvalue weighted by Crippen LogP contribution is -2.25. The summed E-state index contributed by atoms with van der Waals surface area (Å²) in [5.41, 5.74) is -1.01. The smallest absolute Gasteiger partial charge is 0.367 e. The molecule has 1 N–H and O–H groups in total. The molecule has 1 rings (SSSR count). The van der Waals surface area contributed by atoms with Crippen LogP contribution in [0.25, 0.3) is 0 Å². The number of nitrogens with zero attached hydrogens (tertiary/aromatic N) is 1. The third kappa shape index (κ3) is 4.91. The van der Waals surface area contributed by atoms with Gasteiger partial charge in [0.05, 0.1) is 5.75 Å². The molecule has 0 amide bonds. The monoisotopic (exact) mass is 282 g/mol. The summed E-state index contributed by atoms with van der Waals surface area (Å²) in [6, 6.07) is 2.90. The summed E-state index contributed by atoms with van der Waals surface area (Å²) in [6.45, 7) is 1.56. The van der Waals surface area contributed by atoms with Crippen LogP contribution in [0.3, 0.4) is 0 Å². The number of alkyl halides is 3. The van der Waals surface area contributed by atoms with Gasteiger partial charge in [-0.25, -0.2) is 13.4 Å². The number of anilines is 1. The van der Waals surface area contributed by atoms with Crippen LogP contribution >= 0.6 is 0 Å². The van der Waals surface area contributed by atoms with Crippen LogP contribution < -0.4 is 5.32 Å². The Hall–Kier alpha value is -1.31. The molecular formula is C10H13F3N2O2S. The van der Waals surface area contributed by atoms with Gasteiger partial charge in [-0.05, 0) is 19.1 Å². The largest absolute Gasteiger partial charge is 0.433 e. The summed E-state index contributed by atoms with van der Waals surface area (Å²) in [7, 11) is -3.19. The first-order valence-electron chi connectivity index (χ1n) is 5.06. The first-order valence-corrected chi connectivity index (χ1v) is 7.12. The third-order valence-corrected chi connectivity index (χ3v) is 3.09. The zero-order valence-corrected chi connectivity index (χ0v) is 10.6. The van der Waals surface area contributed by atoms with E-state index in [2.05, 4.69) is 10.3 Å². The van der Waals surface area contributed by atoms with E-state index in [0.29, 0.717) is 0 Å². The second kappa shape index (κ2) is 5.13. The normalized spacial score (nSPS) is 14.3. The molecule has 1 aromatic heterocycles. The maximum absolute atomic E-state index is 12.4. The topological polar surface area (TPSA) is 59.1 Å². The minimum Gasteiger partial charge on any atom is -0.367 e.